The number of Topliss-reactive ketones (excluding diaryl/α,β-unsaturated/α-hetero) is 1. The van der Waals surface area contributed by atoms with Gasteiger partial charge < -0.3 is 4.43 Å². The molecular formula is C14H22O2Si. The number of hydrogen-bond donors (Lipinski definition) is 0. The van der Waals surface area contributed by atoms with Crippen molar-refractivity contribution in [1.82, 2.24) is 0 Å². The maximum Gasteiger partial charge on any atom is 0.190 e. The molecule has 0 aliphatic carbocycles. The van der Waals surface area contributed by atoms with Gasteiger partial charge in [0, 0.05) is 5.56 Å². The maximum absolute atomic E-state index is 12.3. The van der Waals surface area contributed by atoms with Gasteiger partial charge in [0.25, 0.3) is 0 Å². The van der Waals surface area contributed by atoms with E-state index in [1.54, 1.807) is 0 Å². The van der Waals surface area contributed by atoms with Crippen molar-refractivity contribution in [3.8, 4) is 0 Å². The molecular weight excluding hydrogens is 228 g/mol. The number of hydrogen-bond acceptors (Lipinski definition) is 2. The van der Waals surface area contributed by atoms with Gasteiger partial charge >= 0.3 is 0 Å². The van der Waals surface area contributed by atoms with Crippen molar-refractivity contribution in [2.45, 2.75) is 45.4 Å². The molecule has 0 radical (unpaired) electrons. The normalized spacial score (nSPS) is 12.7. The number of ketones is 1. The van der Waals surface area contributed by atoms with Crippen LogP contribution in [0.4, 0.5) is 0 Å². The molecule has 0 aromatic heterocycles. The first kappa shape index (κ1) is 14.1. The van der Waals surface area contributed by atoms with Gasteiger partial charge in [-0.15, -0.1) is 0 Å². The lowest BCUT2D eigenvalue weighted by atomic mass is 10.0. The molecule has 1 atom stereocenters. The highest BCUT2D eigenvalue weighted by atomic mass is 28.3. The highest BCUT2D eigenvalue weighted by Gasteiger charge is 2.20. The largest absolute Gasteiger partial charge is 0.410 e. The Morgan fingerprint density at radius 3 is 2.47 bits per heavy atom. The molecule has 1 rings (SSSR count). The Hall–Kier alpha value is -0.933. The molecule has 1 unspecified atom stereocenters. The van der Waals surface area contributed by atoms with Crippen molar-refractivity contribution in [2.75, 3.05) is 0 Å². The van der Waals surface area contributed by atoms with Crippen LogP contribution in [0.15, 0.2) is 30.3 Å². The van der Waals surface area contributed by atoms with Crippen LogP contribution in [0.3, 0.4) is 0 Å². The molecule has 94 valence electrons. The van der Waals surface area contributed by atoms with Crippen molar-refractivity contribution < 1.29 is 9.22 Å². The summed E-state index contributed by atoms with van der Waals surface area (Å²) in [7, 11) is -1.17. The molecule has 0 heterocycles. The van der Waals surface area contributed by atoms with E-state index in [-0.39, 0.29) is 11.9 Å². The fraction of sp³-hybridized carbons (Fsp3) is 0.500. The van der Waals surface area contributed by atoms with Gasteiger partial charge in [-0.25, -0.2) is 0 Å². The van der Waals surface area contributed by atoms with Gasteiger partial charge in [-0.05, 0) is 19.5 Å². The number of carbonyl (C=O) groups excluding carboxylic acids is 1. The predicted octanol–water partition coefficient (Wildman–Crippen LogP) is 3.43. The van der Waals surface area contributed by atoms with Crippen LogP contribution in [-0.4, -0.2) is 20.9 Å². The van der Waals surface area contributed by atoms with Crippen molar-refractivity contribution in [2.24, 2.45) is 0 Å². The van der Waals surface area contributed by atoms with Crippen molar-refractivity contribution >= 4 is 14.8 Å². The van der Waals surface area contributed by atoms with E-state index in [1.807, 2.05) is 30.3 Å². The Labute approximate surface area is 106 Å². The minimum absolute atomic E-state index is 0.139. The minimum atomic E-state index is -1.17. The van der Waals surface area contributed by atoms with Crippen LogP contribution in [-0.2, 0) is 4.43 Å². The summed E-state index contributed by atoms with van der Waals surface area (Å²) in [5.41, 5.74) is 0.767. The Balaban J connectivity index is 2.71. The third-order valence-electron chi connectivity index (χ3n) is 2.61. The van der Waals surface area contributed by atoms with E-state index in [0.717, 1.165) is 24.8 Å². The molecule has 3 heteroatoms. The number of unbranched alkanes of at least 4 members (excludes halogenated alkanes) is 1. The monoisotopic (exact) mass is 250 g/mol. The van der Waals surface area contributed by atoms with Gasteiger partial charge in [0.05, 0.1) is 0 Å². The summed E-state index contributed by atoms with van der Waals surface area (Å²) in [6.07, 6.45) is 2.76. The van der Waals surface area contributed by atoms with Gasteiger partial charge in [0.15, 0.2) is 14.8 Å². The van der Waals surface area contributed by atoms with E-state index in [9.17, 15) is 4.79 Å². The van der Waals surface area contributed by atoms with Gasteiger partial charge in [-0.3, -0.25) is 4.79 Å². The van der Waals surface area contributed by atoms with Crippen molar-refractivity contribution in [1.29, 1.82) is 0 Å². The highest BCUT2D eigenvalue weighted by molar-refractivity contribution is 6.48. The summed E-state index contributed by atoms with van der Waals surface area (Å²) in [4.78, 5) is 12.3. The van der Waals surface area contributed by atoms with Crippen LogP contribution in [0, 0.1) is 0 Å². The topological polar surface area (TPSA) is 26.3 Å². The molecule has 0 amide bonds. The average molecular weight is 250 g/mol. The summed E-state index contributed by atoms with van der Waals surface area (Å²) >= 11 is 0. The summed E-state index contributed by atoms with van der Waals surface area (Å²) in [6.45, 7) is 6.35. The molecule has 0 fully saturated rings. The van der Waals surface area contributed by atoms with Crippen molar-refractivity contribution in [3.63, 3.8) is 0 Å². The van der Waals surface area contributed by atoms with Crippen LogP contribution in [0.2, 0.25) is 13.1 Å². The zero-order valence-electron chi connectivity index (χ0n) is 11.0. The van der Waals surface area contributed by atoms with E-state index in [1.165, 1.54) is 0 Å². The lowest BCUT2D eigenvalue weighted by Gasteiger charge is -2.19. The van der Waals surface area contributed by atoms with Crippen LogP contribution >= 0.6 is 0 Å². The fourth-order valence-corrected chi connectivity index (χ4v) is 2.68. The standard InChI is InChI=1S/C14H22O2Si/c1-4-5-11-13(16-17(2)3)14(15)12-9-7-6-8-10-12/h6-10,13,17H,4-5,11H2,1-3H3. The second-order valence-corrected chi connectivity index (χ2v) is 6.92. The molecule has 0 saturated carbocycles. The zero-order chi connectivity index (χ0) is 12.7. The molecule has 0 aliphatic heterocycles. The Bertz CT molecular complexity index is 335. The lowest BCUT2D eigenvalue weighted by Crippen LogP contribution is -2.29. The Morgan fingerprint density at radius 2 is 1.94 bits per heavy atom. The SMILES string of the molecule is CCCCC(O[SiH](C)C)C(=O)c1ccccc1. The molecule has 0 spiro atoms. The molecule has 17 heavy (non-hydrogen) atoms. The predicted molar refractivity (Wildman–Crippen MR) is 74.0 cm³/mol. The lowest BCUT2D eigenvalue weighted by molar-refractivity contribution is 0.0773. The summed E-state index contributed by atoms with van der Waals surface area (Å²) < 4.78 is 5.86. The first-order valence-electron chi connectivity index (χ1n) is 6.39. The van der Waals surface area contributed by atoms with Gasteiger partial charge in [-0.1, -0.05) is 50.1 Å². The van der Waals surface area contributed by atoms with Gasteiger partial charge in [-0.2, -0.15) is 0 Å². The zero-order valence-corrected chi connectivity index (χ0v) is 12.1. The summed E-state index contributed by atoms with van der Waals surface area (Å²) in [5.74, 6) is 0.139. The van der Waals surface area contributed by atoms with E-state index < -0.39 is 9.04 Å². The molecule has 0 bridgehead atoms. The molecule has 0 saturated heterocycles. The average Bonchev–Trinajstić information content (AvgIpc) is 2.34. The third kappa shape index (κ3) is 4.83. The van der Waals surface area contributed by atoms with E-state index in [4.69, 9.17) is 4.43 Å². The third-order valence-corrected chi connectivity index (χ3v) is 3.48. The van der Waals surface area contributed by atoms with Gasteiger partial charge in [0.1, 0.15) is 6.10 Å². The first-order valence-corrected chi connectivity index (χ1v) is 9.18. The fourth-order valence-electron chi connectivity index (χ4n) is 1.77. The number of carbonyl (C=O) groups is 1. The Kier molecular flexibility index (Phi) is 6.15. The molecule has 1 aromatic rings. The number of rotatable bonds is 7. The summed E-state index contributed by atoms with van der Waals surface area (Å²) in [5, 5.41) is 0. The molecule has 0 aliphatic rings. The second-order valence-electron chi connectivity index (χ2n) is 4.55. The van der Waals surface area contributed by atoms with E-state index >= 15 is 0 Å². The Morgan fingerprint density at radius 1 is 1.29 bits per heavy atom. The van der Waals surface area contributed by atoms with Crippen LogP contribution < -0.4 is 0 Å². The highest BCUT2D eigenvalue weighted by Crippen LogP contribution is 2.13. The molecule has 1 aromatic carbocycles. The van der Waals surface area contributed by atoms with E-state index in [0.29, 0.717) is 0 Å². The maximum atomic E-state index is 12.3. The van der Waals surface area contributed by atoms with Crippen molar-refractivity contribution in [3.05, 3.63) is 35.9 Å². The first-order chi connectivity index (χ1) is 8.15. The molecule has 2 nitrogen and oxygen atoms in total. The van der Waals surface area contributed by atoms with E-state index in [2.05, 4.69) is 20.0 Å². The van der Waals surface area contributed by atoms with Crippen LogP contribution in [0.25, 0.3) is 0 Å². The van der Waals surface area contributed by atoms with Crippen LogP contribution in [0.5, 0.6) is 0 Å². The quantitative estimate of drug-likeness (QED) is 0.547. The second kappa shape index (κ2) is 7.40. The van der Waals surface area contributed by atoms with Crippen LogP contribution in [0.1, 0.15) is 36.5 Å². The van der Waals surface area contributed by atoms with Gasteiger partial charge in [0.2, 0.25) is 0 Å². The smallest absolute Gasteiger partial charge is 0.190 e. The minimum Gasteiger partial charge on any atom is -0.410 e. The summed E-state index contributed by atoms with van der Waals surface area (Å²) in [6, 6.07) is 9.46. The number of benzene rings is 1. The molecule has 0 N–H and O–H groups in total.